The third-order valence-corrected chi connectivity index (χ3v) is 6.23. The molecule has 0 saturated carbocycles. The van der Waals surface area contributed by atoms with Gasteiger partial charge in [-0.2, -0.15) is 0 Å². The molecule has 2 aromatic rings. The standard InChI is InChI=1S/C23H36N6/c1-5-27(6-2)21(20-10-8-7-9-11-20)16-26-23(24-4)28-14-12-19(3)22(17-28)29-15-13-25-18-29/h7-11,13,15,18-19,21-22H,5-6,12,14,16-17H2,1-4H3,(H,24,26). The molecule has 0 amide bonds. The monoisotopic (exact) mass is 396 g/mol. The molecule has 6 nitrogen and oxygen atoms in total. The van der Waals surface area contributed by atoms with E-state index in [1.165, 1.54) is 5.56 Å². The smallest absolute Gasteiger partial charge is 0.193 e. The molecule has 29 heavy (non-hydrogen) atoms. The molecule has 6 heteroatoms. The first-order valence-electron chi connectivity index (χ1n) is 10.9. The minimum absolute atomic E-state index is 0.330. The zero-order chi connectivity index (χ0) is 20.6. The van der Waals surface area contributed by atoms with Crippen LogP contribution in [0.5, 0.6) is 0 Å². The van der Waals surface area contributed by atoms with Crippen LogP contribution in [0.25, 0.3) is 0 Å². The van der Waals surface area contributed by atoms with E-state index >= 15 is 0 Å². The zero-order valence-electron chi connectivity index (χ0n) is 18.3. The molecular weight excluding hydrogens is 360 g/mol. The second kappa shape index (κ2) is 10.4. The van der Waals surface area contributed by atoms with E-state index in [0.29, 0.717) is 18.0 Å². The highest BCUT2D eigenvalue weighted by atomic mass is 15.3. The quantitative estimate of drug-likeness (QED) is 0.575. The third-order valence-electron chi connectivity index (χ3n) is 6.23. The summed E-state index contributed by atoms with van der Waals surface area (Å²) in [7, 11) is 1.89. The molecule has 1 aromatic carbocycles. The van der Waals surface area contributed by atoms with E-state index in [0.717, 1.165) is 45.1 Å². The first-order chi connectivity index (χ1) is 14.2. The van der Waals surface area contributed by atoms with E-state index in [1.54, 1.807) is 0 Å². The maximum Gasteiger partial charge on any atom is 0.193 e. The van der Waals surface area contributed by atoms with Crippen molar-refractivity contribution >= 4 is 5.96 Å². The second-order valence-corrected chi connectivity index (χ2v) is 7.87. The van der Waals surface area contributed by atoms with Gasteiger partial charge in [-0.3, -0.25) is 9.89 Å². The summed E-state index contributed by atoms with van der Waals surface area (Å²) >= 11 is 0. The Morgan fingerprint density at radius 1 is 1.28 bits per heavy atom. The van der Waals surface area contributed by atoms with Crippen LogP contribution in [0.15, 0.2) is 54.0 Å². The molecule has 158 valence electrons. The number of hydrogen-bond donors (Lipinski definition) is 1. The largest absolute Gasteiger partial charge is 0.354 e. The van der Waals surface area contributed by atoms with Crippen molar-refractivity contribution in [2.24, 2.45) is 10.9 Å². The SMILES string of the molecule is CCN(CC)C(CNC(=NC)N1CCC(C)C(n2ccnc2)C1)c1ccccc1. The summed E-state index contributed by atoms with van der Waals surface area (Å²) in [6.45, 7) is 11.7. The van der Waals surface area contributed by atoms with E-state index in [9.17, 15) is 0 Å². The molecule has 0 spiro atoms. The molecule has 3 rings (SSSR count). The fourth-order valence-corrected chi connectivity index (χ4v) is 4.41. The fraction of sp³-hybridized carbons (Fsp3) is 0.565. The normalized spacial score (nSPS) is 21.4. The molecular formula is C23H36N6. The second-order valence-electron chi connectivity index (χ2n) is 7.87. The lowest BCUT2D eigenvalue weighted by molar-refractivity contribution is 0.184. The molecule has 0 radical (unpaired) electrons. The molecule has 3 unspecified atom stereocenters. The highest BCUT2D eigenvalue weighted by Crippen LogP contribution is 2.27. The maximum absolute atomic E-state index is 4.62. The van der Waals surface area contributed by atoms with Gasteiger partial charge in [0.2, 0.25) is 0 Å². The molecule has 3 atom stereocenters. The average Bonchev–Trinajstić information content (AvgIpc) is 3.29. The van der Waals surface area contributed by atoms with Crippen LogP contribution in [0.3, 0.4) is 0 Å². The lowest BCUT2D eigenvalue weighted by atomic mass is 9.93. The first-order valence-corrected chi connectivity index (χ1v) is 10.9. The van der Waals surface area contributed by atoms with Gasteiger partial charge in [0.05, 0.1) is 18.4 Å². The molecule has 1 aromatic heterocycles. The van der Waals surface area contributed by atoms with Crippen molar-refractivity contribution in [1.29, 1.82) is 0 Å². The summed E-state index contributed by atoms with van der Waals surface area (Å²) in [5.74, 6) is 1.63. The van der Waals surface area contributed by atoms with Crippen molar-refractivity contribution in [1.82, 2.24) is 24.7 Å². The number of hydrogen-bond acceptors (Lipinski definition) is 3. The van der Waals surface area contributed by atoms with Gasteiger partial charge in [-0.1, -0.05) is 51.1 Å². The Kier molecular flexibility index (Phi) is 7.69. The Morgan fingerprint density at radius 2 is 2.03 bits per heavy atom. The Bertz CT molecular complexity index is 738. The predicted octanol–water partition coefficient (Wildman–Crippen LogP) is 3.42. The minimum atomic E-state index is 0.330. The van der Waals surface area contributed by atoms with E-state index < -0.39 is 0 Å². The van der Waals surface area contributed by atoms with Gasteiger partial charge in [0.25, 0.3) is 0 Å². The number of nitrogens with one attached hydrogen (secondary N) is 1. The molecule has 1 aliphatic rings. The van der Waals surface area contributed by atoms with Crippen molar-refractivity contribution < 1.29 is 0 Å². The number of likely N-dealkylation sites (tertiary alicyclic amines) is 1. The van der Waals surface area contributed by atoms with Crippen LogP contribution in [-0.4, -0.2) is 65.1 Å². The highest BCUT2D eigenvalue weighted by Gasteiger charge is 2.29. The zero-order valence-corrected chi connectivity index (χ0v) is 18.3. The maximum atomic E-state index is 4.62. The topological polar surface area (TPSA) is 48.7 Å². The number of piperidine rings is 1. The number of benzene rings is 1. The van der Waals surface area contributed by atoms with Gasteiger partial charge in [0, 0.05) is 39.1 Å². The summed E-state index contributed by atoms with van der Waals surface area (Å²) in [6, 6.07) is 11.6. The molecule has 1 aliphatic heterocycles. The van der Waals surface area contributed by atoms with Crippen LogP contribution < -0.4 is 5.32 Å². The Morgan fingerprint density at radius 3 is 2.66 bits per heavy atom. The number of imidazole rings is 1. The van der Waals surface area contributed by atoms with Crippen molar-refractivity contribution in [3.8, 4) is 0 Å². The van der Waals surface area contributed by atoms with E-state index in [-0.39, 0.29) is 0 Å². The van der Waals surface area contributed by atoms with Crippen LogP contribution in [-0.2, 0) is 0 Å². The summed E-state index contributed by atoms with van der Waals surface area (Å²) < 4.78 is 2.24. The average molecular weight is 397 g/mol. The van der Waals surface area contributed by atoms with Crippen molar-refractivity contribution in [2.75, 3.05) is 39.8 Å². The summed E-state index contributed by atoms with van der Waals surface area (Å²) in [6.07, 6.45) is 7.04. The molecule has 1 fully saturated rings. The van der Waals surface area contributed by atoms with Crippen LogP contribution in [0.1, 0.15) is 44.8 Å². The number of rotatable bonds is 7. The van der Waals surface area contributed by atoms with Gasteiger partial charge < -0.3 is 14.8 Å². The molecule has 0 bridgehead atoms. The van der Waals surface area contributed by atoms with Crippen molar-refractivity contribution in [3.05, 3.63) is 54.6 Å². The van der Waals surface area contributed by atoms with Gasteiger partial charge in [0.15, 0.2) is 5.96 Å². The number of guanidine groups is 1. The van der Waals surface area contributed by atoms with Crippen LogP contribution in [0.2, 0.25) is 0 Å². The minimum Gasteiger partial charge on any atom is -0.354 e. The van der Waals surface area contributed by atoms with E-state index in [2.05, 4.69) is 87.0 Å². The number of likely N-dealkylation sites (N-methyl/N-ethyl adjacent to an activating group) is 1. The van der Waals surface area contributed by atoms with E-state index in [4.69, 9.17) is 0 Å². The van der Waals surface area contributed by atoms with Gasteiger partial charge in [-0.05, 0) is 31.0 Å². The third kappa shape index (κ3) is 5.18. The van der Waals surface area contributed by atoms with Crippen molar-refractivity contribution in [2.45, 2.75) is 39.3 Å². The van der Waals surface area contributed by atoms with Crippen LogP contribution in [0, 0.1) is 5.92 Å². The number of aliphatic imine (C=N–C) groups is 1. The predicted molar refractivity (Wildman–Crippen MR) is 120 cm³/mol. The lowest BCUT2D eigenvalue weighted by Crippen LogP contribution is -2.50. The van der Waals surface area contributed by atoms with Gasteiger partial charge in [-0.25, -0.2) is 4.98 Å². The van der Waals surface area contributed by atoms with Crippen LogP contribution >= 0.6 is 0 Å². The molecule has 2 heterocycles. The Hall–Kier alpha value is -2.34. The fourth-order valence-electron chi connectivity index (χ4n) is 4.41. The summed E-state index contributed by atoms with van der Waals surface area (Å²) in [5.41, 5.74) is 1.35. The van der Waals surface area contributed by atoms with Crippen LogP contribution in [0.4, 0.5) is 0 Å². The van der Waals surface area contributed by atoms with Gasteiger partial charge >= 0.3 is 0 Å². The van der Waals surface area contributed by atoms with Crippen molar-refractivity contribution in [3.63, 3.8) is 0 Å². The Labute approximate surface area is 175 Å². The lowest BCUT2D eigenvalue weighted by Gasteiger charge is -2.40. The van der Waals surface area contributed by atoms with E-state index in [1.807, 2.05) is 19.6 Å². The first kappa shape index (κ1) is 21.4. The number of nitrogens with zero attached hydrogens (tertiary/aromatic N) is 5. The molecule has 1 N–H and O–H groups in total. The highest BCUT2D eigenvalue weighted by molar-refractivity contribution is 5.80. The van der Waals surface area contributed by atoms with Gasteiger partial charge in [0.1, 0.15) is 0 Å². The summed E-state index contributed by atoms with van der Waals surface area (Å²) in [5, 5.41) is 3.68. The molecule has 0 aliphatic carbocycles. The number of aromatic nitrogens is 2. The Balaban J connectivity index is 1.69. The summed E-state index contributed by atoms with van der Waals surface area (Å²) in [4.78, 5) is 13.8. The molecule has 1 saturated heterocycles. The van der Waals surface area contributed by atoms with Gasteiger partial charge in [-0.15, -0.1) is 0 Å².